The van der Waals surface area contributed by atoms with Crippen LogP contribution in [0.1, 0.15) is 5.56 Å². The average molecular weight is 152 g/mol. The van der Waals surface area contributed by atoms with E-state index in [0.29, 0.717) is 13.0 Å². The van der Waals surface area contributed by atoms with Crippen LogP contribution in [0.2, 0.25) is 0 Å². The fraction of sp³-hybridized carbons (Fsp3) is 0.250. The van der Waals surface area contributed by atoms with Crippen LogP contribution in [0.15, 0.2) is 29.4 Å². The van der Waals surface area contributed by atoms with Crippen molar-refractivity contribution in [2.45, 2.75) is 6.42 Å². The molecule has 0 aliphatic carbocycles. The minimum atomic E-state index is -0.229. The average Bonchev–Trinajstić information content (AvgIpc) is 2.01. The maximum atomic E-state index is 12.5. The van der Waals surface area contributed by atoms with Gasteiger partial charge in [-0.2, -0.15) is 5.11 Å². The third kappa shape index (κ3) is 2.45. The van der Waals surface area contributed by atoms with Crippen LogP contribution >= 0.6 is 0 Å². The van der Waals surface area contributed by atoms with E-state index >= 15 is 0 Å². The van der Waals surface area contributed by atoms with Crippen molar-refractivity contribution in [1.29, 1.82) is 5.53 Å². The second-order valence-electron chi connectivity index (χ2n) is 2.26. The number of hydrogen-bond acceptors (Lipinski definition) is 2. The summed E-state index contributed by atoms with van der Waals surface area (Å²) in [5.41, 5.74) is 7.43. The molecule has 0 aliphatic heterocycles. The third-order valence-electron chi connectivity index (χ3n) is 1.40. The zero-order chi connectivity index (χ0) is 8.10. The predicted molar refractivity (Wildman–Crippen MR) is 40.1 cm³/mol. The first kappa shape index (κ1) is 7.85. The van der Waals surface area contributed by atoms with E-state index in [2.05, 4.69) is 5.11 Å². The molecule has 3 heteroatoms. The van der Waals surface area contributed by atoms with E-state index in [-0.39, 0.29) is 5.82 Å². The quantitative estimate of drug-likeness (QED) is 0.645. The monoisotopic (exact) mass is 152 g/mol. The highest BCUT2D eigenvalue weighted by Crippen LogP contribution is 2.03. The van der Waals surface area contributed by atoms with E-state index < -0.39 is 0 Å². The van der Waals surface area contributed by atoms with E-state index in [0.717, 1.165) is 5.56 Å². The van der Waals surface area contributed by atoms with E-state index in [1.165, 1.54) is 12.1 Å². The first-order valence-electron chi connectivity index (χ1n) is 3.40. The van der Waals surface area contributed by atoms with Gasteiger partial charge in [-0.05, 0) is 24.1 Å². The molecule has 0 spiro atoms. The summed E-state index contributed by atoms with van der Waals surface area (Å²) < 4.78 is 12.5. The molecule has 58 valence electrons. The standard InChI is InChI=1S/C8H9FN2/c9-8-3-1-2-7(6-8)4-5-11-10/h1-3,6,10H,4-5H2. The molecule has 0 saturated heterocycles. The molecule has 0 unspecified atom stereocenters. The van der Waals surface area contributed by atoms with Crippen molar-refractivity contribution in [3.63, 3.8) is 0 Å². The Labute approximate surface area is 64.6 Å². The first-order valence-corrected chi connectivity index (χ1v) is 3.40. The predicted octanol–water partition coefficient (Wildman–Crippen LogP) is 2.40. The highest BCUT2D eigenvalue weighted by molar-refractivity contribution is 5.16. The molecule has 0 saturated carbocycles. The van der Waals surface area contributed by atoms with Crippen LogP contribution in [0.25, 0.3) is 0 Å². The Morgan fingerprint density at radius 2 is 2.27 bits per heavy atom. The van der Waals surface area contributed by atoms with Gasteiger partial charge in [-0.25, -0.2) is 9.92 Å². The number of halogens is 1. The second-order valence-corrected chi connectivity index (χ2v) is 2.26. The van der Waals surface area contributed by atoms with Crippen LogP contribution in [-0.4, -0.2) is 6.54 Å². The van der Waals surface area contributed by atoms with Gasteiger partial charge in [0.1, 0.15) is 5.82 Å². The largest absolute Gasteiger partial charge is 0.210 e. The summed E-state index contributed by atoms with van der Waals surface area (Å²) in [5, 5.41) is 3.19. The van der Waals surface area contributed by atoms with Crippen LogP contribution in [0, 0.1) is 11.3 Å². The number of nitrogens with zero attached hydrogens (tertiary/aromatic N) is 1. The van der Waals surface area contributed by atoms with Crippen LogP contribution < -0.4 is 0 Å². The van der Waals surface area contributed by atoms with Gasteiger partial charge in [-0.15, -0.1) is 0 Å². The molecule has 0 aromatic heterocycles. The first-order chi connectivity index (χ1) is 5.33. The lowest BCUT2D eigenvalue weighted by Gasteiger charge is -1.95. The van der Waals surface area contributed by atoms with Gasteiger partial charge in [0.2, 0.25) is 0 Å². The Kier molecular flexibility index (Phi) is 2.72. The van der Waals surface area contributed by atoms with Gasteiger partial charge in [-0.3, -0.25) is 0 Å². The van der Waals surface area contributed by atoms with Crippen molar-refractivity contribution in [2.24, 2.45) is 5.11 Å². The van der Waals surface area contributed by atoms with Crippen molar-refractivity contribution in [1.82, 2.24) is 0 Å². The van der Waals surface area contributed by atoms with E-state index in [1.54, 1.807) is 6.07 Å². The van der Waals surface area contributed by atoms with Gasteiger partial charge >= 0.3 is 0 Å². The SMILES string of the molecule is N=NCCc1cccc(F)c1. The summed E-state index contributed by atoms with van der Waals surface area (Å²) in [6.07, 6.45) is 0.640. The van der Waals surface area contributed by atoms with Crippen molar-refractivity contribution in [3.8, 4) is 0 Å². The van der Waals surface area contributed by atoms with Crippen LogP contribution in [0.4, 0.5) is 4.39 Å². The Bertz CT molecular complexity index is 248. The number of rotatable bonds is 3. The smallest absolute Gasteiger partial charge is 0.123 e. The molecule has 1 rings (SSSR count). The molecule has 1 aromatic carbocycles. The number of benzene rings is 1. The lowest BCUT2D eigenvalue weighted by Crippen LogP contribution is -1.88. The molecular weight excluding hydrogens is 143 g/mol. The van der Waals surface area contributed by atoms with Gasteiger partial charge in [0.25, 0.3) is 0 Å². The van der Waals surface area contributed by atoms with Crippen molar-refractivity contribution in [3.05, 3.63) is 35.6 Å². The summed E-state index contributed by atoms with van der Waals surface area (Å²) in [6, 6.07) is 6.36. The van der Waals surface area contributed by atoms with Gasteiger partial charge < -0.3 is 0 Å². The van der Waals surface area contributed by atoms with Gasteiger partial charge in [0.05, 0.1) is 6.54 Å². The zero-order valence-corrected chi connectivity index (χ0v) is 6.05. The molecule has 0 bridgehead atoms. The minimum absolute atomic E-state index is 0.229. The normalized spacial score (nSPS) is 9.55. The van der Waals surface area contributed by atoms with Crippen molar-refractivity contribution < 1.29 is 4.39 Å². The summed E-state index contributed by atoms with van der Waals surface area (Å²) in [5.74, 6) is -0.229. The maximum absolute atomic E-state index is 12.5. The molecule has 0 aliphatic rings. The summed E-state index contributed by atoms with van der Waals surface area (Å²) in [7, 11) is 0. The molecule has 0 atom stereocenters. The molecule has 2 nitrogen and oxygen atoms in total. The zero-order valence-electron chi connectivity index (χ0n) is 6.05. The van der Waals surface area contributed by atoms with E-state index in [4.69, 9.17) is 5.53 Å². The topological polar surface area (TPSA) is 36.2 Å². The Morgan fingerprint density at radius 1 is 1.45 bits per heavy atom. The van der Waals surface area contributed by atoms with E-state index in [1.807, 2.05) is 6.07 Å². The molecule has 0 heterocycles. The Hall–Kier alpha value is -1.25. The molecule has 0 radical (unpaired) electrons. The fourth-order valence-corrected chi connectivity index (χ4v) is 0.877. The molecule has 1 N–H and O–H groups in total. The molecular formula is C8H9FN2. The lowest BCUT2D eigenvalue weighted by atomic mass is 10.1. The van der Waals surface area contributed by atoms with Crippen molar-refractivity contribution in [2.75, 3.05) is 6.54 Å². The highest BCUT2D eigenvalue weighted by atomic mass is 19.1. The molecule has 1 aromatic rings. The van der Waals surface area contributed by atoms with Gasteiger partial charge in [0, 0.05) is 0 Å². The van der Waals surface area contributed by atoms with Crippen LogP contribution in [-0.2, 0) is 6.42 Å². The Morgan fingerprint density at radius 3 is 2.91 bits per heavy atom. The second kappa shape index (κ2) is 3.81. The van der Waals surface area contributed by atoms with Crippen LogP contribution in [0.5, 0.6) is 0 Å². The Balaban J connectivity index is 2.63. The van der Waals surface area contributed by atoms with Crippen LogP contribution in [0.3, 0.4) is 0 Å². The highest BCUT2D eigenvalue weighted by Gasteiger charge is 1.93. The number of hydrogen-bond donors (Lipinski definition) is 1. The van der Waals surface area contributed by atoms with Crippen molar-refractivity contribution >= 4 is 0 Å². The maximum Gasteiger partial charge on any atom is 0.123 e. The summed E-state index contributed by atoms with van der Waals surface area (Å²) >= 11 is 0. The van der Waals surface area contributed by atoms with Gasteiger partial charge in [-0.1, -0.05) is 12.1 Å². The van der Waals surface area contributed by atoms with E-state index in [9.17, 15) is 4.39 Å². The fourth-order valence-electron chi connectivity index (χ4n) is 0.877. The molecule has 0 amide bonds. The summed E-state index contributed by atoms with van der Waals surface area (Å²) in [6.45, 7) is 0.434. The minimum Gasteiger partial charge on any atom is -0.210 e. The number of nitrogens with one attached hydrogen (secondary N) is 1. The summed E-state index contributed by atoms with van der Waals surface area (Å²) in [4.78, 5) is 0. The lowest BCUT2D eigenvalue weighted by molar-refractivity contribution is 0.625. The van der Waals surface area contributed by atoms with Gasteiger partial charge in [0.15, 0.2) is 0 Å². The molecule has 0 fully saturated rings. The third-order valence-corrected chi connectivity index (χ3v) is 1.40. The molecule has 11 heavy (non-hydrogen) atoms.